The number of anilines is 1. The summed E-state index contributed by atoms with van der Waals surface area (Å²) in [6.45, 7) is 6.85. The van der Waals surface area contributed by atoms with Crippen LogP contribution in [0.2, 0.25) is 0 Å². The number of ether oxygens (including phenoxy) is 1. The Balaban J connectivity index is 1.96. The molecule has 2 aromatic heterocycles. The Morgan fingerprint density at radius 1 is 1.23 bits per heavy atom. The Bertz CT molecular complexity index is 997. The third-order valence-corrected chi connectivity index (χ3v) is 5.70. The normalized spacial score (nSPS) is 12.4. The zero-order valence-corrected chi connectivity index (χ0v) is 18.5. The first kappa shape index (κ1) is 24.4. The predicted molar refractivity (Wildman–Crippen MR) is 108 cm³/mol. The van der Waals surface area contributed by atoms with Crippen LogP contribution in [0.5, 0.6) is 0 Å². The van der Waals surface area contributed by atoms with Gasteiger partial charge < -0.3 is 15.4 Å². The quantitative estimate of drug-likeness (QED) is 0.510. The number of methoxy groups -OCH3 is 1. The fraction of sp³-hybridized carbons (Fsp3) is 0.474. The molecular formula is C19H23F3N4O4S. The molecule has 170 valence electrons. The fourth-order valence-electron chi connectivity index (χ4n) is 2.76. The van der Waals surface area contributed by atoms with E-state index in [1.165, 1.54) is 18.7 Å². The molecule has 0 aliphatic heterocycles. The Kier molecular flexibility index (Phi) is 7.47. The minimum Gasteiger partial charge on any atom is -0.465 e. The highest BCUT2D eigenvalue weighted by Gasteiger charge is 2.34. The molecule has 0 saturated heterocycles. The first-order chi connectivity index (χ1) is 14.3. The van der Waals surface area contributed by atoms with Gasteiger partial charge in [0.1, 0.15) is 5.00 Å². The molecule has 2 rings (SSSR count). The van der Waals surface area contributed by atoms with E-state index in [4.69, 9.17) is 4.74 Å². The van der Waals surface area contributed by atoms with E-state index in [1.807, 2.05) is 0 Å². The summed E-state index contributed by atoms with van der Waals surface area (Å²) in [5.41, 5.74) is 0.189. The number of rotatable bonds is 6. The van der Waals surface area contributed by atoms with Crippen molar-refractivity contribution in [3.05, 3.63) is 33.5 Å². The molecule has 0 saturated carbocycles. The number of esters is 1. The maximum atomic E-state index is 12.8. The summed E-state index contributed by atoms with van der Waals surface area (Å²) >= 11 is 1.15. The molecule has 0 aliphatic rings. The van der Waals surface area contributed by atoms with E-state index in [-0.39, 0.29) is 29.6 Å². The number of carbonyl (C=O) groups is 3. The van der Waals surface area contributed by atoms with E-state index in [0.717, 1.165) is 22.3 Å². The summed E-state index contributed by atoms with van der Waals surface area (Å²) in [6.07, 6.45) is -4.53. The van der Waals surface area contributed by atoms with E-state index >= 15 is 0 Å². The Morgan fingerprint density at radius 2 is 1.87 bits per heavy atom. The monoisotopic (exact) mass is 460 g/mol. The molecule has 2 heterocycles. The Labute approximate surface area is 180 Å². The number of aryl methyl sites for hydroxylation is 2. The third-order valence-electron chi connectivity index (χ3n) is 4.58. The van der Waals surface area contributed by atoms with Crippen LogP contribution in [0, 0.1) is 26.7 Å². The molecule has 1 atom stereocenters. The standard InChI is InChI=1S/C19H23F3N4O4S/c1-9(8-26-10(2)6-13(25-26)19(20,21)22)7-23-15(27)16(28)24-17-14(18(29)30-5)11(3)12(4)31-17/h6,9H,7-8H2,1-5H3,(H,23,27)(H,24,28). The predicted octanol–water partition coefficient (Wildman–Crippen LogP) is 3.07. The van der Waals surface area contributed by atoms with Crippen molar-refractivity contribution < 1.29 is 32.3 Å². The van der Waals surface area contributed by atoms with Crippen LogP contribution in [0.4, 0.5) is 18.2 Å². The molecule has 0 aliphatic carbocycles. The number of amides is 2. The van der Waals surface area contributed by atoms with Crippen LogP contribution in [0.3, 0.4) is 0 Å². The van der Waals surface area contributed by atoms with Gasteiger partial charge in [-0.15, -0.1) is 11.3 Å². The summed E-state index contributed by atoms with van der Waals surface area (Å²) < 4.78 is 44.2. The average Bonchev–Trinajstić information content (AvgIpc) is 3.18. The van der Waals surface area contributed by atoms with Crippen molar-refractivity contribution >= 4 is 34.1 Å². The zero-order valence-electron chi connectivity index (χ0n) is 17.6. The molecule has 0 spiro atoms. The minimum atomic E-state index is -4.53. The number of hydrogen-bond acceptors (Lipinski definition) is 6. The molecule has 31 heavy (non-hydrogen) atoms. The van der Waals surface area contributed by atoms with Crippen LogP contribution >= 0.6 is 11.3 Å². The van der Waals surface area contributed by atoms with Crippen LogP contribution in [0.25, 0.3) is 0 Å². The molecule has 2 N–H and O–H groups in total. The molecule has 12 heteroatoms. The van der Waals surface area contributed by atoms with E-state index in [0.29, 0.717) is 11.3 Å². The number of halogens is 3. The van der Waals surface area contributed by atoms with Gasteiger partial charge in [0.15, 0.2) is 5.69 Å². The van der Waals surface area contributed by atoms with Gasteiger partial charge in [-0.2, -0.15) is 18.3 Å². The maximum Gasteiger partial charge on any atom is 0.435 e. The summed E-state index contributed by atoms with van der Waals surface area (Å²) in [6, 6.07) is 0.947. The minimum absolute atomic E-state index is 0.0409. The highest BCUT2D eigenvalue weighted by atomic mass is 32.1. The van der Waals surface area contributed by atoms with Crippen molar-refractivity contribution in [3.63, 3.8) is 0 Å². The second-order valence-corrected chi connectivity index (χ2v) is 8.32. The van der Waals surface area contributed by atoms with Crippen LogP contribution < -0.4 is 10.6 Å². The van der Waals surface area contributed by atoms with Gasteiger partial charge in [-0.25, -0.2) is 4.79 Å². The summed E-state index contributed by atoms with van der Waals surface area (Å²) in [5, 5.41) is 8.60. The molecule has 8 nitrogen and oxygen atoms in total. The molecular weight excluding hydrogens is 437 g/mol. The van der Waals surface area contributed by atoms with Gasteiger partial charge in [0.25, 0.3) is 0 Å². The molecule has 1 unspecified atom stereocenters. The number of thiophene rings is 1. The van der Waals surface area contributed by atoms with Gasteiger partial charge in [0.05, 0.1) is 12.7 Å². The number of carbonyl (C=O) groups excluding carboxylic acids is 3. The second-order valence-electron chi connectivity index (χ2n) is 7.10. The molecule has 0 bridgehead atoms. The molecule has 2 aromatic rings. The number of alkyl halides is 3. The van der Waals surface area contributed by atoms with Gasteiger partial charge in [-0.1, -0.05) is 6.92 Å². The fourth-order valence-corrected chi connectivity index (χ4v) is 3.81. The van der Waals surface area contributed by atoms with Crippen molar-refractivity contribution in [1.29, 1.82) is 0 Å². The summed E-state index contributed by atoms with van der Waals surface area (Å²) in [4.78, 5) is 37.1. The first-order valence-corrected chi connectivity index (χ1v) is 10.1. The largest absolute Gasteiger partial charge is 0.465 e. The van der Waals surface area contributed by atoms with Gasteiger partial charge >= 0.3 is 24.0 Å². The van der Waals surface area contributed by atoms with E-state index in [1.54, 1.807) is 20.8 Å². The Morgan fingerprint density at radius 3 is 2.42 bits per heavy atom. The highest BCUT2D eigenvalue weighted by Crippen LogP contribution is 2.33. The topological polar surface area (TPSA) is 102 Å². The van der Waals surface area contributed by atoms with Crippen molar-refractivity contribution in [3.8, 4) is 0 Å². The van der Waals surface area contributed by atoms with Crippen LogP contribution in [0.1, 0.15) is 39.1 Å². The first-order valence-electron chi connectivity index (χ1n) is 9.24. The number of hydrogen-bond donors (Lipinski definition) is 2. The van der Waals surface area contributed by atoms with Gasteiger partial charge in [-0.3, -0.25) is 14.3 Å². The Hall–Kier alpha value is -2.89. The van der Waals surface area contributed by atoms with E-state index in [2.05, 4.69) is 15.7 Å². The smallest absolute Gasteiger partial charge is 0.435 e. The highest BCUT2D eigenvalue weighted by molar-refractivity contribution is 7.17. The van der Waals surface area contributed by atoms with Crippen LogP contribution in [0.15, 0.2) is 6.07 Å². The lowest BCUT2D eigenvalue weighted by atomic mass is 10.1. The molecule has 2 amide bonds. The molecule has 0 fully saturated rings. The van der Waals surface area contributed by atoms with Gasteiger partial charge in [0.2, 0.25) is 0 Å². The lowest BCUT2D eigenvalue weighted by molar-refractivity contribution is -0.141. The zero-order chi connectivity index (χ0) is 23.5. The summed E-state index contributed by atoms with van der Waals surface area (Å²) in [7, 11) is 1.22. The average molecular weight is 460 g/mol. The second kappa shape index (κ2) is 9.50. The molecule has 0 radical (unpaired) electrons. The van der Waals surface area contributed by atoms with E-state index < -0.39 is 29.7 Å². The van der Waals surface area contributed by atoms with Gasteiger partial charge in [0, 0.05) is 23.7 Å². The number of aromatic nitrogens is 2. The lowest BCUT2D eigenvalue weighted by Gasteiger charge is -2.14. The van der Waals surface area contributed by atoms with Crippen LogP contribution in [-0.4, -0.2) is 41.2 Å². The number of nitrogens with zero attached hydrogens (tertiary/aromatic N) is 2. The van der Waals surface area contributed by atoms with Crippen molar-refractivity contribution in [2.24, 2.45) is 5.92 Å². The van der Waals surface area contributed by atoms with Crippen LogP contribution in [-0.2, 0) is 27.0 Å². The van der Waals surface area contributed by atoms with Crippen molar-refractivity contribution in [2.75, 3.05) is 19.0 Å². The number of nitrogens with one attached hydrogen (secondary N) is 2. The maximum absolute atomic E-state index is 12.8. The van der Waals surface area contributed by atoms with Crippen molar-refractivity contribution in [2.45, 2.75) is 40.4 Å². The SMILES string of the molecule is COC(=O)c1c(NC(=O)C(=O)NCC(C)Cn2nc(C(F)(F)F)cc2C)sc(C)c1C. The molecule has 0 aromatic carbocycles. The lowest BCUT2D eigenvalue weighted by Crippen LogP contribution is -2.38. The van der Waals surface area contributed by atoms with E-state index in [9.17, 15) is 27.6 Å². The van der Waals surface area contributed by atoms with Crippen molar-refractivity contribution in [1.82, 2.24) is 15.1 Å². The van der Waals surface area contributed by atoms with Gasteiger partial charge in [-0.05, 0) is 38.3 Å². The summed E-state index contributed by atoms with van der Waals surface area (Å²) in [5.74, 6) is -2.82. The third kappa shape index (κ3) is 5.84.